The van der Waals surface area contributed by atoms with Crippen molar-refractivity contribution >= 4 is 65.3 Å². The summed E-state index contributed by atoms with van der Waals surface area (Å²) in [5, 5.41) is 7.94. The van der Waals surface area contributed by atoms with E-state index in [0.29, 0.717) is 0 Å². The van der Waals surface area contributed by atoms with E-state index in [1.165, 1.54) is 21.9 Å². The molecule has 0 aliphatic rings. The van der Waals surface area contributed by atoms with Gasteiger partial charge < -0.3 is 0 Å². The molecule has 0 N–H and O–H groups in total. The Hall–Kier alpha value is -6.52. The molecule has 0 amide bonds. The normalized spacial score (nSPS) is 11.8. The quantitative estimate of drug-likeness (QED) is 0.147. The lowest BCUT2D eigenvalue weighted by Crippen LogP contribution is -1.93. The van der Waals surface area contributed by atoms with Crippen molar-refractivity contribution in [3.63, 3.8) is 0 Å². The van der Waals surface area contributed by atoms with Gasteiger partial charge in [0.15, 0.2) is 0 Å². The summed E-state index contributed by atoms with van der Waals surface area (Å²) in [4.78, 5) is 19.8. The number of hydrogen-bond donors (Lipinski definition) is 0. The number of para-hydroxylation sites is 1. The van der Waals surface area contributed by atoms with Crippen LogP contribution in [0.25, 0.3) is 98.8 Å². The Balaban J connectivity index is 1.14. The predicted octanol–water partition coefficient (Wildman–Crippen LogP) is 11.2. The number of benzene rings is 6. The van der Waals surface area contributed by atoms with Gasteiger partial charge in [0, 0.05) is 50.5 Å². The minimum Gasteiger partial charge on any atom is -0.254 e. The average Bonchev–Trinajstić information content (AvgIpc) is 3.16. The third-order valence-electron chi connectivity index (χ3n) is 9.54. The second kappa shape index (κ2) is 10.5. The average molecular weight is 611 g/mol. The van der Waals surface area contributed by atoms with Gasteiger partial charge in [-0.25, -0.2) is 9.97 Å². The number of aromatic nitrogens is 4. The first-order valence-corrected chi connectivity index (χ1v) is 16.1. The van der Waals surface area contributed by atoms with E-state index in [-0.39, 0.29) is 0 Å². The summed E-state index contributed by atoms with van der Waals surface area (Å²) in [6.45, 7) is 0. The fourth-order valence-corrected chi connectivity index (χ4v) is 7.26. The summed E-state index contributed by atoms with van der Waals surface area (Å²) in [5.74, 6) is 0. The van der Waals surface area contributed by atoms with Crippen molar-refractivity contribution in [3.05, 3.63) is 158 Å². The van der Waals surface area contributed by atoms with Gasteiger partial charge in [0.1, 0.15) is 0 Å². The Morgan fingerprint density at radius 1 is 0.333 bits per heavy atom. The molecule has 48 heavy (non-hydrogen) atoms. The number of pyridine rings is 4. The molecule has 0 radical (unpaired) electrons. The lowest BCUT2D eigenvalue weighted by molar-refractivity contribution is 1.37. The van der Waals surface area contributed by atoms with Crippen LogP contribution >= 0.6 is 0 Å². The van der Waals surface area contributed by atoms with Gasteiger partial charge in [-0.05, 0) is 51.7 Å². The van der Waals surface area contributed by atoms with E-state index in [9.17, 15) is 0 Å². The molecular weight excluding hydrogens is 585 g/mol. The van der Waals surface area contributed by atoms with Gasteiger partial charge in [-0.2, -0.15) is 0 Å². The molecule has 0 fully saturated rings. The van der Waals surface area contributed by atoms with Crippen LogP contribution in [-0.2, 0) is 0 Å². The van der Waals surface area contributed by atoms with Gasteiger partial charge in [0.05, 0.1) is 33.3 Å². The summed E-state index contributed by atoms with van der Waals surface area (Å²) < 4.78 is 0. The first-order chi connectivity index (χ1) is 23.8. The van der Waals surface area contributed by atoms with Crippen LogP contribution in [0.3, 0.4) is 0 Å². The maximum Gasteiger partial charge on any atom is 0.0978 e. The highest BCUT2D eigenvalue weighted by molar-refractivity contribution is 6.19. The van der Waals surface area contributed by atoms with E-state index in [0.717, 1.165) is 76.9 Å². The van der Waals surface area contributed by atoms with E-state index in [1.807, 2.05) is 18.5 Å². The number of rotatable bonds is 3. The summed E-state index contributed by atoms with van der Waals surface area (Å²) in [6, 6.07) is 51.3. The SMILES string of the molecule is c1ccc2c(-c3c4ccccc4nc4c3ccc3ccc(-c5ccc(-c6ccnc7c6ccc6cccnc67)cc5)nc34)cccc2c1. The van der Waals surface area contributed by atoms with Gasteiger partial charge in [-0.3, -0.25) is 9.97 Å². The number of nitrogens with zero attached hydrogens (tertiary/aromatic N) is 4. The van der Waals surface area contributed by atoms with Crippen molar-refractivity contribution in [1.82, 2.24) is 19.9 Å². The zero-order valence-corrected chi connectivity index (χ0v) is 25.8. The molecule has 10 rings (SSSR count). The van der Waals surface area contributed by atoms with Crippen molar-refractivity contribution in [3.8, 4) is 33.5 Å². The molecule has 4 heteroatoms. The molecule has 0 unspecified atom stereocenters. The van der Waals surface area contributed by atoms with Crippen LogP contribution in [0.1, 0.15) is 0 Å². The second-order valence-electron chi connectivity index (χ2n) is 12.2. The summed E-state index contributed by atoms with van der Waals surface area (Å²) in [6.07, 6.45) is 3.70. The highest BCUT2D eigenvalue weighted by Crippen LogP contribution is 2.40. The van der Waals surface area contributed by atoms with Crippen LogP contribution in [-0.4, -0.2) is 19.9 Å². The number of fused-ring (bicyclic) bond motifs is 8. The Bertz CT molecular complexity index is 2890. The van der Waals surface area contributed by atoms with E-state index in [4.69, 9.17) is 15.0 Å². The highest BCUT2D eigenvalue weighted by Gasteiger charge is 2.17. The first-order valence-electron chi connectivity index (χ1n) is 16.1. The largest absolute Gasteiger partial charge is 0.254 e. The second-order valence-corrected chi connectivity index (χ2v) is 12.2. The lowest BCUT2D eigenvalue weighted by atomic mass is 9.91. The standard InChI is InChI=1S/C44H26N4/c1-2-10-32-27(7-1)8-5-12-34(32)40-36-11-3-4-13-39(36)48-44-37(40)22-19-31-20-23-38(47-42(31)44)29-16-14-28(15-17-29)33-24-26-46-43-35(33)21-18-30-9-6-25-45-41(30)43/h1-26H. The monoisotopic (exact) mass is 610 g/mol. The maximum absolute atomic E-state index is 5.28. The van der Waals surface area contributed by atoms with Crippen molar-refractivity contribution in [2.45, 2.75) is 0 Å². The van der Waals surface area contributed by atoms with Crippen molar-refractivity contribution in [2.75, 3.05) is 0 Å². The minimum absolute atomic E-state index is 0.904. The van der Waals surface area contributed by atoms with E-state index in [1.54, 1.807) is 0 Å². The topological polar surface area (TPSA) is 51.6 Å². The van der Waals surface area contributed by atoms with Crippen LogP contribution in [0.5, 0.6) is 0 Å². The van der Waals surface area contributed by atoms with Gasteiger partial charge in [0.25, 0.3) is 0 Å². The van der Waals surface area contributed by atoms with Crippen LogP contribution in [0.15, 0.2) is 158 Å². The molecule has 10 aromatic rings. The highest BCUT2D eigenvalue weighted by atomic mass is 14.8. The van der Waals surface area contributed by atoms with E-state index < -0.39 is 0 Å². The summed E-state index contributed by atoms with van der Waals surface area (Å²) >= 11 is 0. The molecular formula is C44H26N4. The van der Waals surface area contributed by atoms with Gasteiger partial charge in [0.2, 0.25) is 0 Å². The van der Waals surface area contributed by atoms with Crippen molar-refractivity contribution in [2.24, 2.45) is 0 Å². The van der Waals surface area contributed by atoms with Crippen LogP contribution in [0.2, 0.25) is 0 Å². The lowest BCUT2D eigenvalue weighted by Gasteiger charge is -2.15. The Labute approximate surface area is 276 Å². The first kappa shape index (κ1) is 26.7. The third kappa shape index (κ3) is 4.10. The smallest absolute Gasteiger partial charge is 0.0978 e. The summed E-state index contributed by atoms with van der Waals surface area (Å²) in [5.41, 5.74) is 11.2. The minimum atomic E-state index is 0.904. The number of hydrogen-bond acceptors (Lipinski definition) is 4. The fraction of sp³-hybridized carbons (Fsp3) is 0. The molecule has 0 aliphatic carbocycles. The molecule has 0 atom stereocenters. The molecule has 4 nitrogen and oxygen atoms in total. The molecule has 4 aromatic heterocycles. The maximum atomic E-state index is 5.28. The van der Waals surface area contributed by atoms with Crippen molar-refractivity contribution in [1.29, 1.82) is 0 Å². The zero-order valence-electron chi connectivity index (χ0n) is 25.8. The van der Waals surface area contributed by atoms with Crippen LogP contribution in [0, 0.1) is 0 Å². The molecule has 222 valence electrons. The zero-order chi connectivity index (χ0) is 31.6. The molecule has 0 saturated carbocycles. The van der Waals surface area contributed by atoms with Crippen molar-refractivity contribution < 1.29 is 0 Å². The Morgan fingerprint density at radius 2 is 1.04 bits per heavy atom. The van der Waals surface area contributed by atoms with Crippen LogP contribution < -0.4 is 0 Å². The van der Waals surface area contributed by atoms with Gasteiger partial charge in [-0.1, -0.05) is 121 Å². The van der Waals surface area contributed by atoms with Gasteiger partial charge >= 0.3 is 0 Å². The molecule has 6 aromatic carbocycles. The van der Waals surface area contributed by atoms with Crippen LogP contribution in [0.4, 0.5) is 0 Å². The molecule has 0 bridgehead atoms. The molecule has 0 aliphatic heterocycles. The summed E-state index contributed by atoms with van der Waals surface area (Å²) in [7, 11) is 0. The molecule has 0 saturated heterocycles. The Kier molecular flexibility index (Phi) is 5.84. The molecule has 0 spiro atoms. The van der Waals surface area contributed by atoms with E-state index in [2.05, 4.69) is 145 Å². The Morgan fingerprint density at radius 3 is 1.96 bits per heavy atom. The fourth-order valence-electron chi connectivity index (χ4n) is 7.26. The van der Waals surface area contributed by atoms with Gasteiger partial charge in [-0.15, -0.1) is 0 Å². The van der Waals surface area contributed by atoms with E-state index >= 15 is 0 Å². The predicted molar refractivity (Wildman–Crippen MR) is 199 cm³/mol. The molecule has 4 heterocycles. The third-order valence-corrected chi connectivity index (χ3v) is 9.54.